The SMILES string of the molecule is COC(=O)c1ccc(CNC(=O)C(C)N2CCCC(N(C)C)C2)cc1. The number of methoxy groups -OCH3 is 1. The van der Waals surface area contributed by atoms with Gasteiger partial charge in [0.05, 0.1) is 18.7 Å². The van der Waals surface area contributed by atoms with Crippen molar-refractivity contribution in [1.29, 1.82) is 0 Å². The highest BCUT2D eigenvalue weighted by atomic mass is 16.5. The summed E-state index contributed by atoms with van der Waals surface area (Å²) in [5, 5.41) is 2.99. The molecule has 2 rings (SSSR count). The van der Waals surface area contributed by atoms with E-state index in [0.29, 0.717) is 18.2 Å². The van der Waals surface area contributed by atoms with Crippen LogP contribution in [0.15, 0.2) is 24.3 Å². The summed E-state index contributed by atoms with van der Waals surface area (Å²) in [7, 11) is 5.55. The molecule has 6 heteroatoms. The minimum atomic E-state index is -0.357. The summed E-state index contributed by atoms with van der Waals surface area (Å²) >= 11 is 0. The maximum absolute atomic E-state index is 12.5. The fraction of sp³-hybridized carbons (Fsp3) is 0.579. The van der Waals surface area contributed by atoms with E-state index in [0.717, 1.165) is 25.1 Å². The van der Waals surface area contributed by atoms with Gasteiger partial charge in [-0.2, -0.15) is 0 Å². The molecule has 2 unspecified atom stereocenters. The van der Waals surface area contributed by atoms with Crippen LogP contribution in [0.2, 0.25) is 0 Å². The number of nitrogens with one attached hydrogen (secondary N) is 1. The van der Waals surface area contributed by atoms with E-state index in [-0.39, 0.29) is 17.9 Å². The highest BCUT2D eigenvalue weighted by Gasteiger charge is 2.28. The Hall–Kier alpha value is -1.92. The predicted octanol–water partition coefficient (Wildman–Crippen LogP) is 1.50. The second-order valence-corrected chi connectivity index (χ2v) is 6.84. The normalized spacial score (nSPS) is 19.5. The van der Waals surface area contributed by atoms with E-state index in [1.807, 2.05) is 19.1 Å². The first-order valence-electron chi connectivity index (χ1n) is 8.77. The Morgan fingerprint density at radius 1 is 1.32 bits per heavy atom. The molecule has 1 aliphatic rings. The summed E-state index contributed by atoms with van der Waals surface area (Å²) in [6.07, 6.45) is 2.31. The molecule has 1 amide bonds. The zero-order valence-electron chi connectivity index (χ0n) is 15.6. The second kappa shape index (κ2) is 8.97. The summed E-state index contributed by atoms with van der Waals surface area (Å²) < 4.78 is 4.68. The molecule has 0 radical (unpaired) electrons. The van der Waals surface area contributed by atoms with E-state index in [4.69, 9.17) is 0 Å². The highest BCUT2D eigenvalue weighted by Crippen LogP contribution is 2.16. The fourth-order valence-electron chi connectivity index (χ4n) is 3.14. The van der Waals surface area contributed by atoms with Gasteiger partial charge >= 0.3 is 5.97 Å². The Labute approximate surface area is 150 Å². The zero-order valence-corrected chi connectivity index (χ0v) is 15.6. The number of likely N-dealkylation sites (tertiary alicyclic amines) is 1. The minimum absolute atomic E-state index is 0.0384. The number of esters is 1. The lowest BCUT2D eigenvalue weighted by Crippen LogP contribution is -2.52. The maximum atomic E-state index is 12.5. The second-order valence-electron chi connectivity index (χ2n) is 6.84. The first-order valence-corrected chi connectivity index (χ1v) is 8.77. The van der Waals surface area contributed by atoms with E-state index in [9.17, 15) is 9.59 Å². The van der Waals surface area contributed by atoms with Gasteiger partial charge in [-0.25, -0.2) is 4.79 Å². The van der Waals surface area contributed by atoms with Crippen LogP contribution in [0.3, 0.4) is 0 Å². The molecule has 0 aromatic heterocycles. The molecular formula is C19H29N3O3. The number of nitrogens with zero attached hydrogens (tertiary/aromatic N) is 2. The Kier molecular flexibility index (Phi) is 6.96. The number of ether oxygens (including phenoxy) is 1. The average Bonchev–Trinajstić information content (AvgIpc) is 2.65. The van der Waals surface area contributed by atoms with Gasteiger partial charge < -0.3 is 15.0 Å². The van der Waals surface area contributed by atoms with Crippen molar-refractivity contribution in [3.05, 3.63) is 35.4 Å². The number of likely N-dealkylation sites (N-methyl/N-ethyl adjacent to an activating group) is 1. The Bertz CT molecular complexity index is 586. The molecule has 1 saturated heterocycles. The molecule has 1 aromatic rings. The first kappa shape index (κ1) is 19.4. The lowest BCUT2D eigenvalue weighted by Gasteiger charge is -2.38. The molecular weight excluding hydrogens is 318 g/mol. The number of carbonyl (C=O) groups excluding carboxylic acids is 2. The molecule has 0 saturated carbocycles. The standard InChI is InChI=1S/C19H29N3O3/c1-14(22-11-5-6-17(13-22)21(2)3)18(23)20-12-15-7-9-16(10-8-15)19(24)25-4/h7-10,14,17H,5-6,11-13H2,1-4H3,(H,20,23). The number of benzene rings is 1. The fourth-order valence-corrected chi connectivity index (χ4v) is 3.14. The zero-order chi connectivity index (χ0) is 18.4. The van der Waals surface area contributed by atoms with Crippen molar-refractivity contribution in [2.75, 3.05) is 34.3 Å². The van der Waals surface area contributed by atoms with Crippen LogP contribution in [0, 0.1) is 0 Å². The smallest absolute Gasteiger partial charge is 0.337 e. The Balaban J connectivity index is 1.85. The quantitative estimate of drug-likeness (QED) is 0.791. The lowest BCUT2D eigenvalue weighted by molar-refractivity contribution is -0.126. The van der Waals surface area contributed by atoms with Gasteiger partial charge in [0.25, 0.3) is 0 Å². The monoisotopic (exact) mass is 347 g/mol. The molecule has 138 valence electrons. The molecule has 0 aliphatic carbocycles. The largest absolute Gasteiger partial charge is 0.465 e. The van der Waals surface area contributed by atoms with Gasteiger partial charge in [0.1, 0.15) is 0 Å². The van der Waals surface area contributed by atoms with Gasteiger partial charge in [-0.05, 0) is 58.1 Å². The van der Waals surface area contributed by atoms with Crippen molar-refractivity contribution >= 4 is 11.9 Å². The van der Waals surface area contributed by atoms with Gasteiger partial charge in [-0.15, -0.1) is 0 Å². The van der Waals surface area contributed by atoms with E-state index < -0.39 is 0 Å². The van der Waals surface area contributed by atoms with Crippen LogP contribution in [0.25, 0.3) is 0 Å². The maximum Gasteiger partial charge on any atom is 0.337 e. The number of hydrogen-bond acceptors (Lipinski definition) is 5. The summed E-state index contributed by atoms with van der Waals surface area (Å²) in [6, 6.07) is 7.46. The van der Waals surface area contributed by atoms with Gasteiger partial charge in [0, 0.05) is 19.1 Å². The van der Waals surface area contributed by atoms with Crippen molar-refractivity contribution in [2.24, 2.45) is 0 Å². The molecule has 2 atom stereocenters. The van der Waals surface area contributed by atoms with Crippen molar-refractivity contribution < 1.29 is 14.3 Å². The molecule has 1 N–H and O–H groups in total. The minimum Gasteiger partial charge on any atom is -0.465 e. The van der Waals surface area contributed by atoms with Gasteiger partial charge in [-0.3, -0.25) is 9.69 Å². The van der Waals surface area contributed by atoms with E-state index >= 15 is 0 Å². The topological polar surface area (TPSA) is 61.9 Å². The van der Waals surface area contributed by atoms with E-state index in [1.54, 1.807) is 12.1 Å². The number of amides is 1. The summed E-state index contributed by atoms with van der Waals surface area (Å²) in [6.45, 7) is 4.31. The van der Waals surface area contributed by atoms with Crippen LogP contribution < -0.4 is 5.32 Å². The molecule has 1 aliphatic heterocycles. The first-order chi connectivity index (χ1) is 11.9. The van der Waals surface area contributed by atoms with Crippen LogP contribution in [0.5, 0.6) is 0 Å². The molecule has 1 fully saturated rings. The van der Waals surface area contributed by atoms with E-state index in [2.05, 4.69) is 33.9 Å². The van der Waals surface area contributed by atoms with Gasteiger partial charge in [0.15, 0.2) is 0 Å². The average molecular weight is 347 g/mol. The highest BCUT2D eigenvalue weighted by molar-refractivity contribution is 5.89. The van der Waals surface area contributed by atoms with Crippen molar-refractivity contribution in [3.8, 4) is 0 Å². The lowest BCUT2D eigenvalue weighted by atomic mass is 10.0. The van der Waals surface area contributed by atoms with Gasteiger partial charge in [-0.1, -0.05) is 12.1 Å². The summed E-state index contributed by atoms with van der Waals surface area (Å²) in [5.74, 6) is -0.318. The number of piperidine rings is 1. The number of rotatable bonds is 6. The molecule has 25 heavy (non-hydrogen) atoms. The third-order valence-electron chi connectivity index (χ3n) is 4.93. The van der Waals surface area contributed by atoms with E-state index in [1.165, 1.54) is 13.5 Å². The van der Waals surface area contributed by atoms with Gasteiger partial charge in [0.2, 0.25) is 5.91 Å². The van der Waals surface area contributed by atoms with Crippen LogP contribution in [-0.4, -0.2) is 68.1 Å². The summed E-state index contributed by atoms with van der Waals surface area (Å²) in [5.41, 5.74) is 1.46. The van der Waals surface area contributed by atoms with Crippen LogP contribution in [-0.2, 0) is 16.1 Å². The summed E-state index contributed by atoms with van der Waals surface area (Å²) in [4.78, 5) is 28.4. The molecule has 6 nitrogen and oxygen atoms in total. The predicted molar refractivity (Wildman–Crippen MR) is 97.4 cm³/mol. The van der Waals surface area contributed by atoms with Crippen molar-refractivity contribution in [1.82, 2.24) is 15.1 Å². The Morgan fingerprint density at radius 2 is 2.00 bits per heavy atom. The number of carbonyl (C=O) groups is 2. The van der Waals surface area contributed by atoms with Crippen molar-refractivity contribution in [2.45, 2.75) is 38.4 Å². The molecule has 0 bridgehead atoms. The van der Waals surface area contributed by atoms with Crippen LogP contribution in [0.4, 0.5) is 0 Å². The Morgan fingerprint density at radius 3 is 2.60 bits per heavy atom. The molecule has 1 heterocycles. The number of hydrogen-bond donors (Lipinski definition) is 1. The third-order valence-corrected chi connectivity index (χ3v) is 4.93. The van der Waals surface area contributed by atoms with Crippen LogP contribution >= 0.6 is 0 Å². The molecule has 0 spiro atoms. The third kappa shape index (κ3) is 5.28. The van der Waals surface area contributed by atoms with Crippen molar-refractivity contribution in [3.63, 3.8) is 0 Å². The molecule has 1 aromatic carbocycles. The van der Waals surface area contributed by atoms with Crippen LogP contribution in [0.1, 0.15) is 35.7 Å².